The molecule has 1 saturated carbocycles. The molecule has 1 aromatic carbocycles. The summed E-state index contributed by atoms with van der Waals surface area (Å²) in [6.45, 7) is 3.89. The van der Waals surface area contributed by atoms with Crippen molar-refractivity contribution in [1.82, 2.24) is 5.32 Å². The Bertz CT molecular complexity index is 690. The number of ketones is 2. The molecule has 26 heavy (non-hydrogen) atoms. The SMILES string of the molecule is Cc1cc(C)c(C2C(=O)CC(CC(=O)NCC(CF)CF)C2=O)c(C)c1. The summed E-state index contributed by atoms with van der Waals surface area (Å²) in [5.74, 6) is -3.24. The van der Waals surface area contributed by atoms with E-state index in [2.05, 4.69) is 5.32 Å². The van der Waals surface area contributed by atoms with Crippen LogP contribution in [0, 0.1) is 32.6 Å². The number of alkyl halides is 2. The Labute approximate surface area is 152 Å². The van der Waals surface area contributed by atoms with Gasteiger partial charge in [0, 0.05) is 31.2 Å². The van der Waals surface area contributed by atoms with Crippen LogP contribution in [-0.2, 0) is 14.4 Å². The predicted octanol–water partition coefficient (Wildman–Crippen LogP) is 2.92. The molecule has 0 bridgehead atoms. The molecular formula is C20H25F2NO3. The Morgan fingerprint density at radius 1 is 1.15 bits per heavy atom. The number of hydrogen-bond donors (Lipinski definition) is 1. The first-order chi connectivity index (χ1) is 12.3. The van der Waals surface area contributed by atoms with Crippen LogP contribution >= 0.6 is 0 Å². The van der Waals surface area contributed by atoms with E-state index in [1.54, 1.807) is 0 Å². The van der Waals surface area contributed by atoms with Gasteiger partial charge in [-0.1, -0.05) is 17.7 Å². The molecule has 0 saturated heterocycles. The zero-order valence-electron chi connectivity index (χ0n) is 15.4. The van der Waals surface area contributed by atoms with Crippen LogP contribution in [-0.4, -0.2) is 37.4 Å². The van der Waals surface area contributed by atoms with Crippen LogP contribution in [0.4, 0.5) is 8.78 Å². The Hall–Kier alpha value is -2.11. The zero-order chi connectivity index (χ0) is 19.4. The summed E-state index contributed by atoms with van der Waals surface area (Å²) in [7, 11) is 0. The lowest BCUT2D eigenvalue weighted by atomic mass is 9.86. The number of Topliss-reactive ketones (excluding diaryl/α,β-unsaturated/α-hetero) is 2. The number of hydrogen-bond acceptors (Lipinski definition) is 3. The van der Waals surface area contributed by atoms with Gasteiger partial charge in [0.1, 0.15) is 11.7 Å². The van der Waals surface area contributed by atoms with Crippen LogP contribution in [0.15, 0.2) is 12.1 Å². The summed E-state index contributed by atoms with van der Waals surface area (Å²) in [6.07, 6.45) is -0.102. The molecule has 2 atom stereocenters. The van der Waals surface area contributed by atoms with E-state index in [-0.39, 0.29) is 31.0 Å². The minimum atomic E-state index is -0.870. The van der Waals surface area contributed by atoms with Gasteiger partial charge >= 0.3 is 0 Å². The van der Waals surface area contributed by atoms with E-state index in [9.17, 15) is 23.2 Å². The van der Waals surface area contributed by atoms with Crippen LogP contribution < -0.4 is 5.32 Å². The van der Waals surface area contributed by atoms with Gasteiger partial charge in [0.25, 0.3) is 0 Å². The largest absolute Gasteiger partial charge is 0.356 e. The smallest absolute Gasteiger partial charge is 0.220 e. The normalized spacial score (nSPS) is 20.1. The third kappa shape index (κ3) is 4.34. The molecular weight excluding hydrogens is 340 g/mol. The van der Waals surface area contributed by atoms with Crippen molar-refractivity contribution in [1.29, 1.82) is 0 Å². The van der Waals surface area contributed by atoms with Gasteiger partial charge < -0.3 is 5.32 Å². The fourth-order valence-electron chi connectivity index (χ4n) is 3.68. The summed E-state index contributed by atoms with van der Waals surface area (Å²) < 4.78 is 25.0. The third-order valence-corrected chi connectivity index (χ3v) is 4.94. The summed E-state index contributed by atoms with van der Waals surface area (Å²) in [5, 5.41) is 2.45. The molecule has 0 aliphatic heterocycles. The average molecular weight is 365 g/mol. The van der Waals surface area contributed by atoms with E-state index in [1.165, 1.54) is 0 Å². The maximum absolute atomic E-state index is 12.8. The monoisotopic (exact) mass is 365 g/mol. The van der Waals surface area contributed by atoms with E-state index < -0.39 is 37.0 Å². The molecule has 1 aliphatic carbocycles. The fourth-order valence-corrected chi connectivity index (χ4v) is 3.68. The van der Waals surface area contributed by atoms with Crippen molar-refractivity contribution in [2.75, 3.05) is 19.9 Å². The minimum Gasteiger partial charge on any atom is -0.356 e. The molecule has 1 aliphatic rings. The topological polar surface area (TPSA) is 63.2 Å². The van der Waals surface area contributed by atoms with Gasteiger partial charge in [0.15, 0.2) is 5.78 Å². The van der Waals surface area contributed by atoms with E-state index >= 15 is 0 Å². The van der Waals surface area contributed by atoms with Crippen molar-refractivity contribution >= 4 is 17.5 Å². The zero-order valence-corrected chi connectivity index (χ0v) is 15.4. The lowest BCUT2D eigenvalue weighted by Crippen LogP contribution is -2.33. The third-order valence-electron chi connectivity index (χ3n) is 4.94. The first-order valence-corrected chi connectivity index (χ1v) is 8.81. The molecule has 0 spiro atoms. The van der Waals surface area contributed by atoms with E-state index in [0.29, 0.717) is 0 Å². The Balaban J connectivity index is 2.08. The summed E-state index contributed by atoms with van der Waals surface area (Å²) in [4.78, 5) is 37.2. The quantitative estimate of drug-likeness (QED) is 0.756. The highest BCUT2D eigenvalue weighted by atomic mass is 19.1. The first-order valence-electron chi connectivity index (χ1n) is 8.81. The number of nitrogens with one attached hydrogen (secondary N) is 1. The maximum atomic E-state index is 12.8. The summed E-state index contributed by atoms with van der Waals surface area (Å²) >= 11 is 0. The van der Waals surface area contributed by atoms with Gasteiger partial charge in [-0.3, -0.25) is 23.2 Å². The number of amides is 1. The van der Waals surface area contributed by atoms with Gasteiger partial charge in [-0.15, -0.1) is 0 Å². The van der Waals surface area contributed by atoms with Crippen LogP contribution in [0.5, 0.6) is 0 Å². The van der Waals surface area contributed by atoms with Crippen LogP contribution in [0.3, 0.4) is 0 Å². The first kappa shape index (κ1) is 20.2. The number of benzene rings is 1. The van der Waals surface area contributed by atoms with Gasteiger partial charge in [-0.2, -0.15) is 0 Å². The number of aryl methyl sites for hydroxylation is 3. The molecule has 1 fully saturated rings. The highest BCUT2D eigenvalue weighted by molar-refractivity contribution is 6.15. The van der Waals surface area contributed by atoms with Crippen molar-refractivity contribution in [3.05, 3.63) is 34.4 Å². The number of carbonyl (C=O) groups is 3. The van der Waals surface area contributed by atoms with E-state index in [1.807, 2.05) is 32.9 Å². The molecule has 1 amide bonds. The second-order valence-corrected chi connectivity index (χ2v) is 7.20. The van der Waals surface area contributed by atoms with Crippen molar-refractivity contribution in [3.8, 4) is 0 Å². The number of rotatable bonds is 7. The van der Waals surface area contributed by atoms with Crippen molar-refractivity contribution in [3.63, 3.8) is 0 Å². The van der Waals surface area contributed by atoms with Gasteiger partial charge in [0.05, 0.1) is 13.3 Å². The molecule has 2 unspecified atom stereocenters. The standard InChI is InChI=1S/C20H25F2NO3/c1-11-4-12(2)18(13(3)5-11)19-16(24)6-15(20(19)26)7-17(25)23-10-14(8-21)9-22/h4-5,14-15,19H,6-10H2,1-3H3,(H,23,25). The Morgan fingerprint density at radius 3 is 2.27 bits per heavy atom. The molecule has 4 nitrogen and oxygen atoms in total. The number of carbonyl (C=O) groups excluding carboxylic acids is 3. The van der Waals surface area contributed by atoms with Gasteiger partial charge in [-0.25, -0.2) is 0 Å². The lowest BCUT2D eigenvalue weighted by Gasteiger charge is -2.16. The lowest BCUT2D eigenvalue weighted by molar-refractivity contribution is -0.128. The Morgan fingerprint density at radius 2 is 1.73 bits per heavy atom. The highest BCUT2D eigenvalue weighted by Crippen LogP contribution is 2.37. The van der Waals surface area contributed by atoms with Crippen molar-refractivity contribution < 1.29 is 23.2 Å². The molecule has 2 rings (SSSR count). The highest BCUT2D eigenvalue weighted by Gasteiger charge is 2.43. The summed E-state index contributed by atoms with van der Waals surface area (Å²) in [5.41, 5.74) is 3.59. The minimum absolute atomic E-state index is 0.0271. The molecule has 6 heteroatoms. The van der Waals surface area contributed by atoms with E-state index in [4.69, 9.17) is 0 Å². The fraction of sp³-hybridized carbons (Fsp3) is 0.550. The molecule has 1 N–H and O–H groups in total. The van der Waals surface area contributed by atoms with Gasteiger partial charge in [0.2, 0.25) is 5.91 Å². The van der Waals surface area contributed by atoms with Crippen molar-refractivity contribution in [2.24, 2.45) is 11.8 Å². The van der Waals surface area contributed by atoms with Crippen LogP contribution in [0.2, 0.25) is 0 Å². The second kappa shape index (κ2) is 8.52. The molecule has 0 aromatic heterocycles. The molecule has 0 radical (unpaired) electrons. The summed E-state index contributed by atoms with van der Waals surface area (Å²) in [6, 6.07) is 3.88. The molecule has 1 aromatic rings. The van der Waals surface area contributed by atoms with Crippen LogP contribution in [0.1, 0.15) is 41.0 Å². The maximum Gasteiger partial charge on any atom is 0.220 e. The van der Waals surface area contributed by atoms with Crippen molar-refractivity contribution in [2.45, 2.75) is 39.5 Å². The van der Waals surface area contributed by atoms with E-state index in [0.717, 1.165) is 22.3 Å². The average Bonchev–Trinajstić information content (AvgIpc) is 2.82. The predicted molar refractivity (Wildman–Crippen MR) is 94.6 cm³/mol. The van der Waals surface area contributed by atoms with Crippen LogP contribution in [0.25, 0.3) is 0 Å². The number of halogens is 2. The van der Waals surface area contributed by atoms with Gasteiger partial charge in [-0.05, 0) is 37.5 Å². The second-order valence-electron chi connectivity index (χ2n) is 7.20. The molecule has 0 heterocycles. The Kier molecular flexibility index (Phi) is 6.62. The molecule has 142 valence electrons.